The van der Waals surface area contributed by atoms with Gasteiger partial charge in [0.05, 0.1) is 6.61 Å². The topological polar surface area (TPSA) is 23.5 Å². The molecular weight excluding hydrogens is 138 g/mol. The van der Waals surface area contributed by atoms with Crippen LogP contribution in [0.4, 0.5) is 0 Å². The summed E-state index contributed by atoms with van der Waals surface area (Å²) < 4.78 is 0. The molecule has 1 saturated heterocycles. The quantitative estimate of drug-likeness (QED) is 0.590. The van der Waals surface area contributed by atoms with Crippen molar-refractivity contribution in [1.82, 2.24) is 4.90 Å². The molecule has 0 aromatic rings. The van der Waals surface area contributed by atoms with E-state index < -0.39 is 0 Å². The van der Waals surface area contributed by atoms with Crippen molar-refractivity contribution in [2.75, 3.05) is 20.2 Å². The van der Waals surface area contributed by atoms with Gasteiger partial charge in [-0.2, -0.15) is 0 Å². The van der Waals surface area contributed by atoms with Crippen molar-refractivity contribution in [3.05, 3.63) is 0 Å². The Morgan fingerprint density at radius 3 is 2.22 bits per heavy atom. The summed E-state index contributed by atoms with van der Waals surface area (Å²) in [6.45, 7) is 3.51. The first-order chi connectivity index (χ1) is 3.69. The summed E-state index contributed by atoms with van der Waals surface area (Å²) in [4.78, 5) is 2.17. The van der Waals surface area contributed by atoms with Gasteiger partial charge in [-0.05, 0) is 20.4 Å². The van der Waals surface area contributed by atoms with Crippen LogP contribution in [0.25, 0.3) is 0 Å². The first-order valence-electron chi connectivity index (χ1n) is 3.01. The van der Waals surface area contributed by atoms with Gasteiger partial charge in [-0.25, -0.2) is 0 Å². The molecule has 2 nitrogen and oxygen atoms in total. The van der Waals surface area contributed by atoms with Gasteiger partial charge in [-0.1, -0.05) is 0 Å². The summed E-state index contributed by atoms with van der Waals surface area (Å²) in [5, 5.41) is 8.77. The molecule has 1 rings (SSSR count). The fraction of sp³-hybridized carbons (Fsp3) is 1.00. The molecule has 0 aromatic heterocycles. The van der Waals surface area contributed by atoms with E-state index in [9.17, 15) is 0 Å². The Hall–Kier alpha value is 0.210. The highest BCUT2D eigenvalue weighted by Gasteiger charge is 2.36. The normalized spacial score (nSPS) is 35.0. The predicted octanol–water partition coefficient (Wildman–Crippen LogP) is 0.495. The average Bonchev–Trinajstić information content (AvgIpc) is 1.83. The molecule has 9 heavy (non-hydrogen) atoms. The van der Waals surface area contributed by atoms with Crippen LogP contribution in [0.5, 0.6) is 0 Å². The number of hydrogen-bond acceptors (Lipinski definition) is 2. The molecule has 1 aliphatic rings. The Morgan fingerprint density at radius 1 is 1.67 bits per heavy atom. The van der Waals surface area contributed by atoms with Crippen LogP contribution >= 0.6 is 12.4 Å². The van der Waals surface area contributed by atoms with E-state index in [1.165, 1.54) is 0 Å². The van der Waals surface area contributed by atoms with Crippen LogP contribution in [-0.2, 0) is 0 Å². The zero-order valence-electron chi connectivity index (χ0n) is 5.92. The van der Waals surface area contributed by atoms with E-state index in [1.54, 1.807) is 0 Å². The third-order valence-corrected chi connectivity index (χ3v) is 2.25. The van der Waals surface area contributed by atoms with Gasteiger partial charge in [-0.3, -0.25) is 4.90 Å². The van der Waals surface area contributed by atoms with Gasteiger partial charge in [0.2, 0.25) is 0 Å². The highest BCUT2D eigenvalue weighted by atomic mass is 35.5. The van der Waals surface area contributed by atoms with Crippen molar-refractivity contribution in [1.29, 1.82) is 0 Å². The molecule has 0 aliphatic carbocycles. The molecule has 0 amide bonds. The Bertz CT molecular complexity index is 95.1. The second-order valence-electron chi connectivity index (χ2n) is 2.83. The molecule has 0 radical (unpaired) electrons. The van der Waals surface area contributed by atoms with Gasteiger partial charge in [0.1, 0.15) is 0 Å². The van der Waals surface area contributed by atoms with Crippen LogP contribution in [-0.4, -0.2) is 35.7 Å². The number of nitrogens with zero attached hydrogens (tertiary/aromatic N) is 1. The molecule has 1 fully saturated rings. The van der Waals surface area contributed by atoms with Crippen LogP contribution in [0.1, 0.15) is 13.3 Å². The minimum Gasteiger partial charge on any atom is -0.394 e. The van der Waals surface area contributed by atoms with Crippen molar-refractivity contribution < 1.29 is 5.11 Å². The summed E-state index contributed by atoms with van der Waals surface area (Å²) in [6, 6.07) is 0. The lowest BCUT2D eigenvalue weighted by atomic mass is 9.89. The average molecular weight is 152 g/mol. The standard InChI is InChI=1S/C6H13NO.ClH/c1-6(5-8)3-4-7(6)2;/h8H,3-5H2,1-2H3;1H. The molecule has 1 unspecified atom stereocenters. The molecule has 3 heteroatoms. The van der Waals surface area contributed by atoms with Crippen LogP contribution in [0.3, 0.4) is 0 Å². The fourth-order valence-corrected chi connectivity index (χ4v) is 0.917. The van der Waals surface area contributed by atoms with Gasteiger partial charge in [0, 0.05) is 12.1 Å². The van der Waals surface area contributed by atoms with Crippen LogP contribution in [0.2, 0.25) is 0 Å². The van der Waals surface area contributed by atoms with Crippen molar-refractivity contribution in [2.24, 2.45) is 0 Å². The van der Waals surface area contributed by atoms with Gasteiger partial charge >= 0.3 is 0 Å². The maximum Gasteiger partial charge on any atom is 0.0613 e. The number of likely N-dealkylation sites (tertiary alicyclic amines) is 1. The lowest BCUT2D eigenvalue weighted by Gasteiger charge is -2.47. The molecule has 0 saturated carbocycles. The highest BCUT2D eigenvalue weighted by Crippen LogP contribution is 2.26. The van der Waals surface area contributed by atoms with E-state index in [0.29, 0.717) is 6.61 Å². The van der Waals surface area contributed by atoms with E-state index in [2.05, 4.69) is 11.8 Å². The fourth-order valence-electron chi connectivity index (χ4n) is 0.917. The number of aliphatic hydroxyl groups excluding tert-OH is 1. The zero-order chi connectivity index (χ0) is 6.20. The Balaban J connectivity index is 0.000000640. The predicted molar refractivity (Wildman–Crippen MR) is 40.0 cm³/mol. The van der Waals surface area contributed by atoms with Gasteiger partial charge in [0.25, 0.3) is 0 Å². The number of rotatable bonds is 1. The SMILES string of the molecule is CN1CCC1(C)CO.Cl. The monoisotopic (exact) mass is 151 g/mol. The molecule has 0 bridgehead atoms. The van der Waals surface area contributed by atoms with E-state index in [-0.39, 0.29) is 17.9 Å². The third kappa shape index (κ3) is 1.37. The molecule has 1 heterocycles. The van der Waals surface area contributed by atoms with Crippen molar-refractivity contribution >= 4 is 12.4 Å². The summed E-state index contributed by atoms with van der Waals surface area (Å²) >= 11 is 0. The van der Waals surface area contributed by atoms with Crippen LogP contribution in [0.15, 0.2) is 0 Å². The van der Waals surface area contributed by atoms with E-state index >= 15 is 0 Å². The Kier molecular flexibility index (Phi) is 2.93. The maximum atomic E-state index is 8.77. The zero-order valence-corrected chi connectivity index (χ0v) is 6.74. The summed E-state index contributed by atoms with van der Waals surface area (Å²) in [7, 11) is 2.04. The Labute approximate surface area is 62.3 Å². The number of halogens is 1. The van der Waals surface area contributed by atoms with Crippen LogP contribution < -0.4 is 0 Å². The number of aliphatic hydroxyl groups is 1. The molecule has 1 N–H and O–H groups in total. The molecule has 1 aliphatic heterocycles. The molecular formula is C6H14ClNO. The molecule has 0 aromatic carbocycles. The highest BCUT2D eigenvalue weighted by molar-refractivity contribution is 5.85. The molecule has 0 spiro atoms. The Morgan fingerprint density at radius 2 is 2.22 bits per heavy atom. The largest absolute Gasteiger partial charge is 0.394 e. The minimum atomic E-state index is 0. The lowest BCUT2D eigenvalue weighted by molar-refractivity contribution is -0.0190. The van der Waals surface area contributed by atoms with E-state index in [4.69, 9.17) is 5.11 Å². The molecule has 1 atom stereocenters. The van der Waals surface area contributed by atoms with Crippen molar-refractivity contribution in [2.45, 2.75) is 18.9 Å². The maximum absolute atomic E-state index is 8.77. The summed E-state index contributed by atoms with van der Waals surface area (Å²) in [5.41, 5.74) is 0.111. The second-order valence-corrected chi connectivity index (χ2v) is 2.83. The van der Waals surface area contributed by atoms with Gasteiger partial charge < -0.3 is 5.11 Å². The second kappa shape index (κ2) is 2.86. The minimum absolute atomic E-state index is 0. The smallest absolute Gasteiger partial charge is 0.0613 e. The van der Waals surface area contributed by atoms with Gasteiger partial charge in [-0.15, -0.1) is 12.4 Å². The third-order valence-electron chi connectivity index (χ3n) is 2.25. The van der Waals surface area contributed by atoms with Gasteiger partial charge in [0.15, 0.2) is 0 Å². The number of likely N-dealkylation sites (N-methyl/N-ethyl adjacent to an activating group) is 1. The van der Waals surface area contributed by atoms with Crippen molar-refractivity contribution in [3.63, 3.8) is 0 Å². The van der Waals surface area contributed by atoms with Crippen molar-refractivity contribution in [3.8, 4) is 0 Å². The summed E-state index contributed by atoms with van der Waals surface area (Å²) in [5.74, 6) is 0. The first-order valence-corrected chi connectivity index (χ1v) is 3.01. The number of hydrogen-bond donors (Lipinski definition) is 1. The summed E-state index contributed by atoms with van der Waals surface area (Å²) in [6.07, 6.45) is 1.14. The van der Waals surface area contributed by atoms with E-state index in [1.807, 2.05) is 7.05 Å². The first kappa shape index (κ1) is 9.21. The van der Waals surface area contributed by atoms with E-state index in [0.717, 1.165) is 13.0 Å². The van der Waals surface area contributed by atoms with Crippen LogP contribution in [0, 0.1) is 0 Å². The lowest BCUT2D eigenvalue weighted by Crippen LogP contribution is -2.57. The molecule has 56 valence electrons.